The molecule has 1 aliphatic heterocycles. The smallest absolute Gasteiger partial charge is 0.416 e. The summed E-state index contributed by atoms with van der Waals surface area (Å²) < 4.78 is 73.9. The molecule has 0 radical (unpaired) electrons. The van der Waals surface area contributed by atoms with Crippen LogP contribution in [0, 0.1) is 5.92 Å². The van der Waals surface area contributed by atoms with E-state index in [-0.39, 0.29) is 29.2 Å². The van der Waals surface area contributed by atoms with Gasteiger partial charge < -0.3 is 4.74 Å². The van der Waals surface area contributed by atoms with E-state index in [0.29, 0.717) is 6.54 Å². The van der Waals surface area contributed by atoms with E-state index in [2.05, 4.69) is 5.10 Å². The van der Waals surface area contributed by atoms with Gasteiger partial charge in [-0.15, -0.1) is 0 Å². The highest BCUT2D eigenvalue weighted by Crippen LogP contribution is 2.45. The first-order valence-electron chi connectivity index (χ1n) is 9.56. The van der Waals surface area contributed by atoms with Crippen molar-refractivity contribution < 1.29 is 26.3 Å². The van der Waals surface area contributed by atoms with E-state index in [4.69, 9.17) is 4.74 Å². The average Bonchev–Trinajstić information content (AvgIpc) is 3.41. The van der Waals surface area contributed by atoms with Crippen LogP contribution in [-0.2, 0) is 22.7 Å². The van der Waals surface area contributed by atoms with E-state index in [1.807, 2.05) is 6.92 Å². The molecular formula is C19H22F3N3O3S. The number of ether oxygens (including phenoxy) is 1. The van der Waals surface area contributed by atoms with Crippen molar-refractivity contribution in [2.45, 2.75) is 55.9 Å². The summed E-state index contributed by atoms with van der Waals surface area (Å²) in [6, 6.07) is 4.15. The second-order valence-corrected chi connectivity index (χ2v) is 9.34. The molecule has 4 rings (SSSR count). The fourth-order valence-electron chi connectivity index (χ4n) is 4.35. The van der Waals surface area contributed by atoms with Crippen molar-refractivity contribution in [2.75, 3.05) is 6.61 Å². The van der Waals surface area contributed by atoms with Crippen molar-refractivity contribution in [1.82, 2.24) is 14.1 Å². The van der Waals surface area contributed by atoms with Crippen molar-refractivity contribution in [3.63, 3.8) is 0 Å². The molecule has 29 heavy (non-hydrogen) atoms. The Hall–Kier alpha value is -2.07. The molecule has 1 saturated carbocycles. The summed E-state index contributed by atoms with van der Waals surface area (Å²) in [5, 5.41) is 4.06. The highest BCUT2D eigenvalue weighted by atomic mass is 32.2. The summed E-state index contributed by atoms with van der Waals surface area (Å²) in [5.74, 6) is 0.223. The average molecular weight is 429 g/mol. The van der Waals surface area contributed by atoms with Crippen molar-refractivity contribution >= 4 is 10.0 Å². The fourth-order valence-corrected chi connectivity index (χ4v) is 6.20. The maximum Gasteiger partial charge on any atom is 0.416 e. The minimum Gasteiger partial charge on any atom is -0.492 e. The van der Waals surface area contributed by atoms with E-state index >= 15 is 0 Å². The number of benzene rings is 1. The number of rotatable bonds is 6. The van der Waals surface area contributed by atoms with Gasteiger partial charge in [0.25, 0.3) is 0 Å². The van der Waals surface area contributed by atoms with Gasteiger partial charge in [-0.05, 0) is 50.3 Å². The quantitative estimate of drug-likeness (QED) is 0.705. The van der Waals surface area contributed by atoms with Crippen LogP contribution >= 0.6 is 0 Å². The zero-order chi connectivity index (χ0) is 20.8. The lowest BCUT2D eigenvalue weighted by atomic mass is 10.0. The Morgan fingerprint density at radius 2 is 2.07 bits per heavy atom. The first-order chi connectivity index (χ1) is 13.7. The molecule has 0 spiro atoms. The second kappa shape index (κ2) is 7.32. The van der Waals surface area contributed by atoms with Gasteiger partial charge in [0, 0.05) is 18.8 Å². The number of aryl methyl sites for hydroxylation is 1. The Balaban J connectivity index is 1.55. The Morgan fingerprint density at radius 3 is 2.76 bits per heavy atom. The number of nitrogens with zero attached hydrogens (tertiary/aromatic N) is 3. The summed E-state index contributed by atoms with van der Waals surface area (Å²) >= 11 is 0. The summed E-state index contributed by atoms with van der Waals surface area (Å²) in [4.78, 5) is 0.135. The topological polar surface area (TPSA) is 64.4 Å². The van der Waals surface area contributed by atoms with Crippen LogP contribution in [-0.4, -0.2) is 41.2 Å². The second-order valence-electron chi connectivity index (χ2n) is 7.50. The summed E-state index contributed by atoms with van der Waals surface area (Å²) in [6.07, 6.45) is 0.813. The molecule has 0 N–H and O–H groups in total. The molecule has 1 aliphatic carbocycles. The minimum atomic E-state index is -4.46. The molecular weight excluding hydrogens is 407 g/mol. The molecule has 158 valence electrons. The molecule has 10 heteroatoms. The van der Waals surface area contributed by atoms with Gasteiger partial charge in [-0.1, -0.05) is 6.07 Å². The van der Waals surface area contributed by atoms with Crippen LogP contribution in [0.15, 0.2) is 41.6 Å². The van der Waals surface area contributed by atoms with E-state index < -0.39 is 27.8 Å². The summed E-state index contributed by atoms with van der Waals surface area (Å²) in [5.41, 5.74) is -0.792. The molecule has 1 aromatic carbocycles. The molecule has 2 aromatic rings. The number of aromatic nitrogens is 2. The first kappa shape index (κ1) is 20.2. The molecule has 3 atom stereocenters. The molecule has 2 heterocycles. The Bertz CT molecular complexity index is 990. The van der Waals surface area contributed by atoms with Crippen LogP contribution in [0.2, 0.25) is 0 Å². The summed E-state index contributed by atoms with van der Waals surface area (Å²) in [6.45, 7) is 2.44. The van der Waals surface area contributed by atoms with Gasteiger partial charge >= 0.3 is 6.18 Å². The predicted molar refractivity (Wildman–Crippen MR) is 98.8 cm³/mol. The van der Waals surface area contributed by atoms with Crippen LogP contribution in [0.1, 0.15) is 31.7 Å². The maximum absolute atomic E-state index is 13.2. The lowest BCUT2D eigenvalue weighted by molar-refractivity contribution is -0.137. The monoisotopic (exact) mass is 429 g/mol. The van der Waals surface area contributed by atoms with Crippen LogP contribution < -0.4 is 4.74 Å². The van der Waals surface area contributed by atoms with Crippen LogP contribution in [0.4, 0.5) is 13.2 Å². The van der Waals surface area contributed by atoms with Gasteiger partial charge in [-0.3, -0.25) is 4.68 Å². The zero-order valence-corrected chi connectivity index (χ0v) is 16.7. The van der Waals surface area contributed by atoms with Gasteiger partial charge in [-0.25, -0.2) is 8.42 Å². The number of hydrogen-bond acceptors (Lipinski definition) is 4. The van der Waals surface area contributed by atoms with Crippen molar-refractivity contribution in [1.29, 1.82) is 0 Å². The van der Waals surface area contributed by atoms with E-state index in [9.17, 15) is 21.6 Å². The Labute approximate surface area is 167 Å². The number of fused-ring (bicyclic) bond motifs is 2. The number of sulfonamides is 1. The summed E-state index contributed by atoms with van der Waals surface area (Å²) in [7, 11) is -3.75. The van der Waals surface area contributed by atoms with E-state index in [0.717, 1.165) is 31.4 Å². The molecule has 2 bridgehead atoms. The van der Waals surface area contributed by atoms with Crippen LogP contribution in [0.3, 0.4) is 0 Å². The molecule has 1 aromatic heterocycles. The first-order valence-corrected chi connectivity index (χ1v) is 11.0. The van der Waals surface area contributed by atoms with E-state index in [1.165, 1.54) is 28.8 Å². The molecule has 6 nitrogen and oxygen atoms in total. The molecule has 0 unspecified atom stereocenters. The third-order valence-corrected chi connectivity index (χ3v) is 7.70. The van der Waals surface area contributed by atoms with Crippen molar-refractivity contribution in [3.8, 4) is 5.75 Å². The van der Waals surface area contributed by atoms with Gasteiger partial charge in [0.05, 0.1) is 17.8 Å². The van der Waals surface area contributed by atoms with Gasteiger partial charge in [0.1, 0.15) is 17.3 Å². The molecule has 2 aliphatic rings. The predicted octanol–water partition coefficient (Wildman–Crippen LogP) is 3.54. The van der Waals surface area contributed by atoms with Gasteiger partial charge in [0.15, 0.2) is 0 Å². The van der Waals surface area contributed by atoms with Gasteiger partial charge in [0.2, 0.25) is 10.0 Å². The Kier molecular flexibility index (Phi) is 5.10. The standard InChI is InChI=1S/C19H22F3N3O3S/c1-2-24-11-17(10-23-24)29(26,27)25-15-7-6-13(8-15)18(25)12-28-16-5-3-4-14(9-16)19(20,21)22/h3-5,9-11,13,15,18H,2,6-8,12H2,1H3/t13-,15-,18-/m0/s1. The SMILES string of the molecule is CCn1cc(S(=O)(=O)N2[C@H]3CC[C@@H](C3)[C@@H]2COc2cccc(C(F)(F)F)c2)cn1. The molecule has 1 saturated heterocycles. The number of halogens is 3. The fraction of sp³-hybridized carbons (Fsp3) is 0.526. The minimum absolute atomic E-state index is 0.0175. The lowest BCUT2D eigenvalue weighted by Crippen LogP contribution is -2.47. The lowest BCUT2D eigenvalue weighted by Gasteiger charge is -2.33. The highest BCUT2D eigenvalue weighted by molar-refractivity contribution is 7.89. The third kappa shape index (κ3) is 3.75. The van der Waals surface area contributed by atoms with Crippen LogP contribution in [0.25, 0.3) is 0 Å². The number of hydrogen-bond donors (Lipinski definition) is 0. The zero-order valence-electron chi connectivity index (χ0n) is 15.8. The largest absolute Gasteiger partial charge is 0.492 e. The van der Waals surface area contributed by atoms with Crippen LogP contribution in [0.5, 0.6) is 5.75 Å². The maximum atomic E-state index is 13.2. The third-order valence-electron chi connectivity index (χ3n) is 5.77. The normalized spacial score (nSPS) is 24.9. The highest BCUT2D eigenvalue weighted by Gasteiger charge is 2.52. The molecule has 2 fully saturated rings. The van der Waals surface area contributed by atoms with Crippen molar-refractivity contribution in [3.05, 3.63) is 42.2 Å². The molecule has 0 amide bonds. The number of alkyl halides is 3. The Morgan fingerprint density at radius 1 is 1.28 bits per heavy atom. The van der Waals surface area contributed by atoms with Crippen molar-refractivity contribution in [2.24, 2.45) is 5.92 Å². The van der Waals surface area contributed by atoms with E-state index in [1.54, 1.807) is 4.68 Å². The number of piperidine rings is 1. The van der Waals surface area contributed by atoms with Gasteiger partial charge in [-0.2, -0.15) is 22.6 Å².